The number of benzene rings is 9. The summed E-state index contributed by atoms with van der Waals surface area (Å²) in [4.78, 5) is 5.03. The molecule has 0 aliphatic rings. The van der Waals surface area contributed by atoms with Crippen LogP contribution in [0.4, 0.5) is 0 Å². The van der Waals surface area contributed by atoms with Crippen molar-refractivity contribution in [1.82, 2.24) is 19.3 Å². The molecule has 0 N–H and O–H groups in total. The third kappa shape index (κ3) is 5.31. The Labute approximate surface area is 324 Å². The molecule has 4 nitrogen and oxygen atoms in total. The first-order chi connectivity index (χ1) is 27.8. The summed E-state index contributed by atoms with van der Waals surface area (Å²) in [6.45, 7) is 0. The maximum Gasteiger partial charge on any atom is 0.182 e. The minimum atomic E-state index is 0.694. The minimum absolute atomic E-state index is 0.694. The highest BCUT2D eigenvalue weighted by Crippen LogP contribution is 2.40. The molecule has 56 heavy (non-hydrogen) atoms. The molecule has 0 spiro atoms. The summed E-state index contributed by atoms with van der Waals surface area (Å²) in [5.74, 6) is 1.50. The van der Waals surface area contributed by atoms with Gasteiger partial charge in [0.05, 0.1) is 16.7 Å². The van der Waals surface area contributed by atoms with E-state index in [0.717, 1.165) is 39.4 Å². The van der Waals surface area contributed by atoms with Crippen molar-refractivity contribution in [3.05, 3.63) is 206 Å². The predicted octanol–water partition coefficient (Wildman–Crippen LogP) is 13.3. The van der Waals surface area contributed by atoms with Gasteiger partial charge in [-0.05, 0) is 92.3 Å². The van der Waals surface area contributed by atoms with E-state index in [4.69, 9.17) is 10.1 Å². The van der Waals surface area contributed by atoms with E-state index in [0.29, 0.717) is 5.82 Å². The fourth-order valence-corrected chi connectivity index (χ4v) is 8.31. The topological polar surface area (TPSA) is 35.6 Å². The molecule has 9 aromatic carbocycles. The van der Waals surface area contributed by atoms with E-state index < -0.39 is 0 Å². The molecule has 4 heteroatoms. The second-order valence-electron chi connectivity index (χ2n) is 14.3. The average molecular weight is 715 g/mol. The van der Waals surface area contributed by atoms with Crippen LogP contribution in [0.15, 0.2) is 206 Å². The lowest BCUT2D eigenvalue weighted by atomic mass is 9.95. The SMILES string of the molecule is c1ccc(-c2nc(-c3ccccc3)n(-c3ccc(-n4c5ccc(-c6cccc7ccccc67)cc5c5cc(-c6cccc7ccccc67)ccc54)cc3)n2)cc1. The largest absolute Gasteiger partial charge is 0.309 e. The van der Waals surface area contributed by atoms with Crippen LogP contribution >= 0.6 is 0 Å². The van der Waals surface area contributed by atoms with Crippen LogP contribution in [0.2, 0.25) is 0 Å². The standard InChI is InChI=1S/C52H34N4/c1-3-15-37(16-4-1)51-53-52(38-17-5-2-6-18-38)56(54-51)42-29-27-41(28-30-42)55-49-31-25-39(45-23-11-19-35-13-7-9-21-43(35)45)33-47(49)48-34-40(26-32-50(48)55)46-24-12-20-36-14-8-10-22-44(36)46/h1-34H. The van der Waals surface area contributed by atoms with Gasteiger partial charge in [0, 0.05) is 27.6 Å². The molecule has 0 aliphatic carbocycles. The highest BCUT2D eigenvalue weighted by molar-refractivity contribution is 6.13. The van der Waals surface area contributed by atoms with E-state index in [1.54, 1.807) is 0 Å². The smallest absolute Gasteiger partial charge is 0.182 e. The van der Waals surface area contributed by atoms with E-state index in [1.165, 1.54) is 54.6 Å². The Hall–Kier alpha value is -7.56. The van der Waals surface area contributed by atoms with Gasteiger partial charge in [0.15, 0.2) is 11.6 Å². The van der Waals surface area contributed by atoms with Crippen LogP contribution in [0.5, 0.6) is 0 Å². The Balaban J connectivity index is 1.09. The summed E-state index contributed by atoms with van der Waals surface area (Å²) in [7, 11) is 0. The lowest BCUT2D eigenvalue weighted by Crippen LogP contribution is -2.01. The van der Waals surface area contributed by atoms with Gasteiger partial charge in [-0.3, -0.25) is 0 Å². The van der Waals surface area contributed by atoms with Crippen molar-refractivity contribution in [1.29, 1.82) is 0 Å². The van der Waals surface area contributed by atoms with Crippen LogP contribution in [0.25, 0.3) is 99.8 Å². The molecule has 0 aliphatic heterocycles. The van der Waals surface area contributed by atoms with Crippen LogP contribution in [0, 0.1) is 0 Å². The molecule has 262 valence electrons. The molecule has 0 unspecified atom stereocenters. The van der Waals surface area contributed by atoms with Crippen molar-refractivity contribution >= 4 is 43.4 Å². The lowest BCUT2D eigenvalue weighted by Gasteiger charge is -2.11. The van der Waals surface area contributed by atoms with Crippen molar-refractivity contribution in [2.24, 2.45) is 0 Å². The van der Waals surface area contributed by atoms with Crippen LogP contribution < -0.4 is 0 Å². The Bertz CT molecular complexity index is 3080. The normalized spacial score (nSPS) is 11.6. The zero-order valence-corrected chi connectivity index (χ0v) is 30.4. The van der Waals surface area contributed by atoms with Gasteiger partial charge in [-0.15, -0.1) is 5.10 Å². The second kappa shape index (κ2) is 13.1. The van der Waals surface area contributed by atoms with Crippen molar-refractivity contribution in [2.75, 3.05) is 0 Å². The first kappa shape index (κ1) is 31.9. The molecule has 0 saturated carbocycles. The summed E-state index contributed by atoms with van der Waals surface area (Å²) < 4.78 is 4.35. The van der Waals surface area contributed by atoms with Gasteiger partial charge in [-0.25, -0.2) is 9.67 Å². The van der Waals surface area contributed by atoms with Crippen molar-refractivity contribution < 1.29 is 0 Å². The number of nitrogens with zero attached hydrogens (tertiary/aromatic N) is 4. The highest BCUT2D eigenvalue weighted by atomic mass is 15.4. The zero-order valence-electron chi connectivity index (χ0n) is 30.4. The summed E-state index contributed by atoms with van der Waals surface area (Å²) in [5, 5.41) is 12.5. The van der Waals surface area contributed by atoms with Gasteiger partial charge >= 0.3 is 0 Å². The number of hydrogen-bond donors (Lipinski definition) is 0. The molecular formula is C52H34N4. The Morgan fingerprint density at radius 1 is 0.339 bits per heavy atom. The van der Waals surface area contributed by atoms with E-state index in [2.05, 4.69) is 174 Å². The summed E-state index contributed by atoms with van der Waals surface area (Å²) >= 11 is 0. The number of hydrogen-bond acceptors (Lipinski definition) is 2. The average Bonchev–Trinajstić information content (AvgIpc) is 3.86. The third-order valence-electron chi connectivity index (χ3n) is 11.0. The summed E-state index contributed by atoms with van der Waals surface area (Å²) in [6, 6.07) is 73.5. The monoisotopic (exact) mass is 714 g/mol. The van der Waals surface area contributed by atoms with E-state index >= 15 is 0 Å². The molecule has 11 rings (SSSR count). The highest BCUT2D eigenvalue weighted by Gasteiger charge is 2.18. The molecule has 0 fully saturated rings. The fourth-order valence-electron chi connectivity index (χ4n) is 8.31. The Morgan fingerprint density at radius 3 is 1.39 bits per heavy atom. The first-order valence-electron chi connectivity index (χ1n) is 19.0. The number of aromatic nitrogens is 4. The molecule has 0 bridgehead atoms. The molecule has 2 heterocycles. The number of rotatable bonds is 6. The van der Waals surface area contributed by atoms with Crippen LogP contribution in [-0.2, 0) is 0 Å². The summed E-state index contributed by atoms with van der Waals surface area (Å²) in [5.41, 5.74) is 11.2. The summed E-state index contributed by atoms with van der Waals surface area (Å²) in [6.07, 6.45) is 0. The molecular weight excluding hydrogens is 681 g/mol. The van der Waals surface area contributed by atoms with Crippen molar-refractivity contribution in [3.63, 3.8) is 0 Å². The quantitative estimate of drug-likeness (QED) is 0.172. The minimum Gasteiger partial charge on any atom is -0.309 e. The van der Waals surface area contributed by atoms with Gasteiger partial charge in [0.1, 0.15) is 0 Å². The van der Waals surface area contributed by atoms with Crippen LogP contribution in [0.1, 0.15) is 0 Å². The first-order valence-corrected chi connectivity index (χ1v) is 19.0. The third-order valence-corrected chi connectivity index (χ3v) is 11.0. The number of fused-ring (bicyclic) bond motifs is 5. The van der Waals surface area contributed by atoms with Gasteiger partial charge < -0.3 is 4.57 Å². The van der Waals surface area contributed by atoms with E-state index in [1.807, 2.05) is 41.1 Å². The Morgan fingerprint density at radius 2 is 0.821 bits per heavy atom. The molecule has 0 atom stereocenters. The molecule has 11 aromatic rings. The van der Waals surface area contributed by atoms with E-state index in [9.17, 15) is 0 Å². The van der Waals surface area contributed by atoms with Gasteiger partial charge in [0.25, 0.3) is 0 Å². The van der Waals surface area contributed by atoms with Crippen molar-refractivity contribution in [3.8, 4) is 56.4 Å². The van der Waals surface area contributed by atoms with Gasteiger partial charge in [-0.1, -0.05) is 158 Å². The van der Waals surface area contributed by atoms with Crippen LogP contribution in [0.3, 0.4) is 0 Å². The fraction of sp³-hybridized carbons (Fsp3) is 0. The van der Waals surface area contributed by atoms with Crippen molar-refractivity contribution in [2.45, 2.75) is 0 Å². The molecule has 2 aromatic heterocycles. The molecule has 0 amide bonds. The van der Waals surface area contributed by atoms with Crippen LogP contribution in [-0.4, -0.2) is 19.3 Å². The maximum atomic E-state index is 5.04. The molecule has 0 saturated heterocycles. The zero-order chi connectivity index (χ0) is 37.0. The predicted molar refractivity (Wildman–Crippen MR) is 232 cm³/mol. The maximum absolute atomic E-state index is 5.04. The molecule has 0 radical (unpaired) electrons. The second-order valence-corrected chi connectivity index (χ2v) is 14.3. The Kier molecular flexibility index (Phi) is 7.46. The lowest BCUT2D eigenvalue weighted by molar-refractivity contribution is 0.889. The van der Waals surface area contributed by atoms with E-state index in [-0.39, 0.29) is 0 Å². The van der Waals surface area contributed by atoms with Gasteiger partial charge in [0.2, 0.25) is 0 Å². The van der Waals surface area contributed by atoms with Gasteiger partial charge in [-0.2, -0.15) is 0 Å².